The van der Waals surface area contributed by atoms with E-state index >= 15 is 0 Å². The molecular weight excluding hydrogens is 276 g/mol. The smallest absolute Gasteiger partial charge is 0.251 e. The van der Waals surface area contributed by atoms with Gasteiger partial charge < -0.3 is 15.0 Å². The van der Waals surface area contributed by atoms with Crippen molar-refractivity contribution in [3.63, 3.8) is 0 Å². The van der Waals surface area contributed by atoms with E-state index in [1.54, 1.807) is 0 Å². The van der Waals surface area contributed by atoms with Crippen LogP contribution in [0.3, 0.4) is 0 Å². The van der Waals surface area contributed by atoms with Crippen LogP contribution in [0, 0.1) is 0 Å². The predicted molar refractivity (Wildman–Crippen MR) is 87.2 cm³/mol. The molecule has 1 aromatic carbocycles. The largest absolute Gasteiger partial charge is 0.376 e. The van der Waals surface area contributed by atoms with Gasteiger partial charge in [-0.15, -0.1) is 0 Å². The Morgan fingerprint density at radius 2 is 2.27 bits per heavy atom. The standard InChI is InChI=1S/C18H26N2O2/c1-20-9-3-7-16(13-20)14-5-2-6-15(11-14)18(21)19-12-17-8-4-10-22-17/h2,5-6,11,16-17H,3-4,7-10,12-13H2,1H3,(H,19,21). The third-order valence-corrected chi connectivity index (χ3v) is 4.76. The number of benzene rings is 1. The molecule has 2 aliphatic heterocycles. The number of hydrogen-bond acceptors (Lipinski definition) is 3. The first-order valence-electron chi connectivity index (χ1n) is 8.40. The van der Waals surface area contributed by atoms with Gasteiger partial charge in [0.1, 0.15) is 0 Å². The molecule has 2 atom stereocenters. The van der Waals surface area contributed by atoms with Gasteiger partial charge in [0.05, 0.1) is 6.10 Å². The SMILES string of the molecule is CN1CCCC(c2cccc(C(=O)NCC3CCCO3)c2)C1. The zero-order chi connectivity index (χ0) is 15.4. The predicted octanol–water partition coefficient (Wildman–Crippen LogP) is 2.40. The van der Waals surface area contributed by atoms with Crippen molar-refractivity contribution >= 4 is 5.91 Å². The van der Waals surface area contributed by atoms with Crippen LogP contribution in [0.4, 0.5) is 0 Å². The number of piperidine rings is 1. The monoisotopic (exact) mass is 302 g/mol. The first-order valence-corrected chi connectivity index (χ1v) is 8.40. The zero-order valence-corrected chi connectivity index (χ0v) is 13.4. The fourth-order valence-corrected chi connectivity index (χ4v) is 3.49. The molecule has 1 amide bonds. The van der Waals surface area contributed by atoms with E-state index in [4.69, 9.17) is 4.74 Å². The van der Waals surface area contributed by atoms with Crippen LogP contribution >= 0.6 is 0 Å². The number of carbonyl (C=O) groups excluding carboxylic acids is 1. The molecule has 2 unspecified atom stereocenters. The van der Waals surface area contributed by atoms with Gasteiger partial charge in [0.25, 0.3) is 5.91 Å². The van der Waals surface area contributed by atoms with Crippen LogP contribution in [-0.4, -0.2) is 50.2 Å². The van der Waals surface area contributed by atoms with Gasteiger partial charge in [0, 0.05) is 25.3 Å². The summed E-state index contributed by atoms with van der Waals surface area (Å²) in [6, 6.07) is 8.13. The Labute approximate surface area is 132 Å². The van der Waals surface area contributed by atoms with Crippen LogP contribution < -0.4 is 5.32 Å². The second kappa shape index (κ2) is 7.25. The molecule has 0 bridgehead atoms. The summed E-state index contributed by atoms with van der Waals surface area (Å²) in [5, 5.41) is 3.01. The van der Waals surface area contributed by atoms with Gasteiger partial charge in [-0.25, -0.2) is 0 Å². The highest BCUT2D eigenvalue weighted by molar-refractivity contribution is 5.94. The van der Waals surface area contributed by atoms with Crippen molar-refractivity contribution < 1.29 is 9.53 Å². The molecule has 0 radical (unpaired) electrons. The molecule has 4 heteroatoms. The summed E-state index contributed by atoms with van der Waals surface area (Å²) in [7, 11) is 2.17. The number of likely N-dealkylation sites (N-methyl/N-ethyl adjacent to an activating group) is 1. The number of hydrogen-bond donors (Lipinski definition) is 1. The molecule has 1 N–H and O–H groups in total. The molecule has 0 aliphatic carbocycles. The van der Waals surface area contributed by atoms with Gasteiger partial charge in [-0.05, 0) is 62.9 Å². The van der Waals surface area contributed by atoms with Crippen molar-refractivity contribution in [3.8, 4) is 0 Å². The minimum absolute atomic E-state index is 0.0153. The molecule has 3 rings (SSSR count). The van der Waals surface area contributed by atoms with Crippen molar-refractivity contribution in [2.24, 2.45) is 0 Å². The maximum Gasteiger partial charge on any atom is 0.251 e. The lowest BCUT2D eigenvalue weighted by Crippen LogP contribution is -2.32. The van der Waals surface area contributed by atoms with Crippen LogP contribution in [0.2, 0.25) is 0 Å². The number of nitrogens with zero attached hydrogens (tertiary/aromatic N) is 1. The summed E-state index contributed by atoms with van der Waals surface area (Å²) in [5.74, 6) is 0.561. The molecule has 2 saturated heterocycles. The maximum atomic E-state index is 12.3. The Bertz CT molecular complexity index is 512. The summed E-state index contributed by atoms with van der Waals surface area (Å²) in [5.41, 5.74) is 2.06. The van der Waals surface area contributed by atoms with E-state index in [1.165, 1.54) is 24.9 Å². The fraction of sp³-hybridized carbons (Fsp3) is 0.611. The average Bonchev–Trinajstić information content (AvgIpc) is 3.06. The Balaban J connectivity index is 1.61. The van der Waals surface area contributed by atoms with Crippen LogP contribution in [0.1, 0.15) is 47.5 Å². The van der Waals surface area contributed by atoms with Crippen molar-refractivity contribution in [2.75, 3.05) is 33.3 Å². The number of amides is 1. The van der Waals surface area contributed by atoms with E-state index in [2.05, 4.69) is 29.4 Å². The van der Waals surface area contributed by atoms with Crippen LogP contribution in [0.25, 0.3) is 0 Å². The molecule has 0 spiro atoms. The highest BCUT2D eigenvalue weighted by Gasteiger charge is 2.20. The Morgan fingerprint density at radius 3 is 3.05 bits per heavy atom. The van der Waals surface area contributed by atoms with Gasteiger partial charge in [0.15, 0.2) is 0 Å². The van der Waals surface area contributed by atoms with Crippen molar-refractivity contribution in [1.29, 1.82) is 0 Å². The summed E-state index contributed by atoms with van der Waals surface area (Å²) in [6.07, 6.45) is 4.79. The third kappa shape index (κ3) is 3.87. The molecule has 0 aromatic heterocycles. The highest BCUT2D eigenvalue weighted by atomic mass is 16.5. The number of carbonyl (C=O) groups is 1. The lowest BCUT2D eigenvalue weighted by Gasteiger charge is -2.30. The molecule has 4 nitrogen and oxygen atoms in total. The molecule has 2 fully saturated rings. The zero-order valence-electron chi connectivity index (χ0n) is 13.4. The minimum Gasteiger partial charge on any atom is -0.376 e. The van der Waals surface area contributed by atoms with Gasteiger partial charge >= 0.3 is 0 Å². The van der Waals surface area contributed by atoms with E-state index in [-0.39, 0.29) is 12.0 Å². The minimum atomic E-state index is 0.0153. The molecule has 120 valence electrons. The quantitative estimate of drug-likeness (QED) is 0.928. The highest BCUT2D eigenvalue weighted by Crippen LogP contribution is 2.26. The summed E-state index contributed by atoms with van der Waals surface area (Å²) < 4.78 is 5.55. The lowest BCUT2D eigenvalue weighted by molar-refractivity contribution is 0.0857. The van der Waals surface area contributed by atoms with Crippen LogP contribution in [0.15, 0.2) is 24.3 Å². The number of likely N-dealkylation sites (tertiary alicyclic amines) is 1. The van der Waals surface area contributed by atoms with Crippen LogP contribution in [0.5, 0.6) is 0 Å². The second-order valence-corrected chi connectivity index (χ2v) is 6.57. The van der Waals surface area contributed by atoms with Gasteiger partial charge in [-0.3, -0.25) is 4.79 Å². The van der Waals surface area contributed by atoms with E-state index in [1.807, 2.05) is 12.1 Å². The van der Waals surface area contributed by atoms with Gasteiger partial charge in [0.2, 0.25) is 0 Å². The Hall–Kier alpha value is -1.39. The summed E-state index contributed by atoms with van der Waals surface area (Å²) in [6.45, 7) is 3.71. The molecular formula is C18H26N2O2. The van der Waals surface area contributed by atoms with E-state index in [0.29, 0.717) is 12.5 Å². The van der Waals surface area contributed by atoms with Gasteiger partial charge in [-0.2, -0.15) is 0 Å². The molecule has 2 heterocycles. The van der Waals surface area contributed by atoms with Crippen molar-refractivity contribution in [1.82, 2.24) is 10.2 Å². The van der Waals surface area contributed by atoms with E-state index < -0.39 is 0 Å². The van der Waals surface area contributed by atoms with E-state index in [0.717, 1.165) is 31.6 Å². The number of rotatable bonds is 4. The van der Waals surface area contributed by atoms with Crippen molar-refractivity contribution in [3.05, 3.63) is 35.4 Å². The summed E-state index contributed by atoms with van der Waals surface area (Å²) >= 11 is 0. The third-order valence-electron chi connectivity index (χ3n) is 4.76. The molecule has 0 saturated carbocycles. The summed E-state index contributed by atoms with van der Waals surface area (Å²) in [4.78, 5) is 14.7. The topological polar surface area (TPSA) is 41.6 Å². The first kappa shape index (κ1) is 15.5. The fourth-order valence-electron chi connectivity index (χ4n) is 3.49. The van der Waals surface area contributed by atoms with E-state index in [9.17, 15) is 4.79 Å². The van der Waals surface area contributed by atoms with Crippen LogP contribution in [-0.2, 0) is 4.74 Å². The van der Waals surface area contributed by atoms with Crippen molar-refractivity contribution in [2.45, 2.75) is 37.7 Å². The molecule has 2 aliphatic rings. The first-order chi connectivity index (χ1) is 10.7. The number of ether oxygens (including phenoxy) is 1. The molecule has 22 heavy (non-hydrogen) atoms. The molecule has 1 aromatic rings. The number of nitrogens with one attached hydrogen (secondary N) is 1. The Morgan fingerprint density at radius 1 is 1.36 bits per heavy atom. The normalized spacial score (nSPS) is 26.0. The van der Waals surface area contributed by atoms with Gasteiger partial charge in [-0.1, -0.05) is 12.1 Å². The second-order valence-electron chi connectivity index (χ2n) is 6.57. The maximum absolute atomic E-state index is 12.3. The Kier molecular flexibility index (Phi) is 5.11. The lowest BCUT2D eigenvalue weighted by atomic mass is 9.90. The average molecular weight is 302 g/mol.